The maximum absolute atomic E-state index is 12.4. The minimum atomic E-state index is -0.269. The second kappa shape index (κ2) is 8.10. The largest absolute Gasteiger partial charge is 0.486 e. The van der Waals surface area contributed by atoms with E-state index in [9.17, 15) is 4.79 Å². The van der Waals surface area contributed by atoms with Crippen LogP contribution in [0, 0.1) is 0 Å². The molecule has 28 heavy (non-hydrogen) atoms. The number of thiocarbonyl (C=S) groups is 1. The number of ether oxygens (including phenoxy) is 2. The number of benzene rings is 3. The Labute approximate surface area is 168 Å². The molecule has 0 radical (unpaired) electrons. The third-order valence-corrected chi connectivity index (χ3v) is 4.49. The Morgan fingerprint density at radius 3 is 2.25 bits per heavy atom. The fourth-order valence-electron chi connectivity index (χ4n) is 2.90. The summed E-state index contributed by atoms with van der Waals surface area (Å²) in [6.07, 6.45) is 0. The number of carbonyl (C=O) groups is 1. The van der Waals surface area contributed by atoms with Crippen LogP contribution in [0.25, 0.3) is 11.1 Å². The number of carbonyl (C=O) groups excluding carboxylic acids is 1. The van der Waals surface area contributed by atoms with Crippen LogP contribution >= 0.6 is 12.2 Å². The van der Waals surface area contributed by atoms with E-state index in [2.05, 4.69) is 10.6 Å². The number of nitrogens with one attached hydrogen (secondary N) is 2. The van der Waals surface area contributed by atoms with Gasteiger partial charge < -0.3 is 14.8 Å². The van der Waals surface area contributed by atoms with Crippen LogP contribution in [-0.4, -0.2) is 24.2 Å². The molecule has 0 unspecified atom stereocenters. The molecule has 6 heteroatoms. The minimum Gasteiger partial charge on any atom is -0.486 e. The molecule has 3 aromatic carbocycles. The zero-order valence-corrected chi connectivity index (χ0v) is 15.8. The zero-order chi connectivity index (χ0) is 19.3. The summed E-state index contributed by atoms with van der Waals surface area (Å²) >= 11 is 5.25. The smallest absolute Gasteiger partial charge is 0.257 e. The maximum atomic E-state index is 12.4. The molecule has 4 rings (SSSR count). The molecule has 0 spiro atoms. The summed E-state index contributed by atoms with van der Waals surface area (Å²) in [6, 6.07) is 22.8. The molecule has 0 atom stereocenters. The van der Waals surface area contributed by atoms with Crippen LogP contribution in [0.1, 0.15) is 10.4 Å². The Morgan fingerprint density at radius 1 is 0.821 bits per heavy atom. The van der Waals surface area contributed by atoms with Gasteiger partial charge in [-0.1, -0.05) is 42.5 Å². The van der Waals surface area contributed by atoms with Crippen molar-refractivity contribution in [3.05, 3.63) is 78.4 Å². The predicted octanol–water partition coefficient (Wildman–Crippen LogP) is 4.25. The topological polar surface area (TPSA) is 59.6 Å². The van der Waals surface area contributed by atoms with Crippen molar-refractivity contribution in [1.82, 2.24) is 5.32 Å². The van der Waals surface area contributed by atoms with E-state index in [1.54, 1.807) is 18.2 Å². The maximum Gasteiger partial charge on any atom is 0.257 e. The Kier molecular flexibility index (Phi) is 5.21. The summed E-state index contributed by atoms with van der Waals surface area (Å²) in [7, 11) is 0. The van der Waals surface area contributed by atoms with Gasteiger partial charge in [-0.25, -0.2) is 0 Å². The van der Waals surface area contributed by atoms with E-state index in [1.807, 2.05) is 54.6 Å². The average Bonchev–Trinajstić information content (AvgIpc) is 2.74. The van der Waals surface area contributed by atoms with Gasteiger partial charge in [0, 0.05) is 17.3 Å². The third kappa shape index (κ3) is 4.13. The molecule has 0 saturated carbocycles. The molecule has 1 aliphatic rings. The van der Waals surface area contributed by atoms with Crippen molar-refractivity contribution in [3.63, 3.8) is 0 Å². The van der Waals surface area contributed by atoms with Crippen LogP contribution in [0.15, 0.2) is 72.8 Å². The molecule has 0 bridgehead atoms. The van der Waals surface area contributed by atoms with Gasteiger partial charge in [-0.3, -0.25) is 10.1 Å². The lowest BCUT2D eigenvalue weighted by Gasteiger charge is -2.19. The summed E-state index contributed by atoms with van der Waals surface area (Å²) in [5.41, 5.74) is 3.40. The Balaban J connectivity index is 1.38. The fourth-order valence-corrected chi connectivity index (χ4v) is 3.11. The molecule has 140 valence electrons. The van der Waals surface area contributed by atoms with E-state index < -0.39 is 0 Å². The first-order valence-electron chi connectivity index (χ1n) is 8.86. The summed E-state index contributed by atoms with van der Waals surface area (Å²) in [4.78, 5) is 12.4. The van der Waals surface area contributed by atoms with E-state index in [1.165, 1.54) is 0 Å². The highest BCUT2D eigenvalue weighted by molar-refractivity contribution is 7.80. The molecular weight excluding hydrogens is 372 g/mol. The van der Waals surface area contributed by atoms with E-state index in [4.69, 9.17) is 21.7 Å². The number of anilines is 1. The quantitative estimate of drug-likeness (QED) is 0.655. The summed E-state index contributed by atoms with van der Waals surface area (Å²) in [5, 5.41) is 5.90. The van der Waals surface area contributed by atoms with Gasteiger partial charge in [0.1, 0.15) is 13.2 Å². The molecule has 1 aliphatic heterocycles. The first kappa shape index (κ1) is 18.0. The highest BCUT2D eigenvalue weighted by Gasteiger charge is 2.13. The number of hydrogen-bond donors (Lipinski definition) is 2. The van der Waals surface area contributed by atoms with Crippen molar-refractivity contribution in [2.75, 3.05) is 18.5 Å². The molecule has 5 nitrogen and oxygen atoms in total. The second-order valence-corrected chi connectivity index (χ2v) is 6.62. The highest BCUT2D eigenvalue weighted by atomic mass is 32.1. The lowest BCUT2D eigenvalue weighted by atomic mass is 10.0. The van der Waals surface area contributed by atoms with Crippen LogP contribution in [0.4, 0.5) is 5.69 Å². The summed E-state index contributed by atoms with van der Waals surface area (Å²) in [6.45, 7) is 1.05. The highest BCUT2D eigenvalue weighted by Crippen LogP contribution is 2.32. The number of amides is 1. The van der Waals surface area contributed by atoms with Crippen LogP contribution in [0.5, 0.6) is 11.5 Å². The lowest BCUT2D eigenvalue weighted by molar-refractivity contribution is 0.0978. The SMILES string of the molecule is O=C(NC(=S)Nc1ccc2c(c1)OCCO2)c1ccc(-c2ccccc2)cc1. The molecule has 0 saturated heterocycles. The van der Waals surface area contributed by atoms with Gasteiger partial charge in [-0.05, 0) is 47.6 Å². The minimum absolute atomic E-state index is 0.216. The van der Waals surface area contributed by atoms with Crippen LogP contribution in [0.2, 0.25) is 0 Å². The number of fused-ring (bicyclic) bond motifs is 1. The monoisotopic (exact) mass is 390 g/mol. The molecule has 0 fully saturated rings. The molecule has 0 aromatic heterocycles. The van der Waals surface area contributed by atoms with Crippen LogP contribution < -0.4 is 20.1 Å². The number of hydrogen-bond acceptors (Lipinski definition) is 4. The predicted molar refractivity (Wildman–Crippen MR) is 113 cm³/mol. The van der Waals surface area contributed by atoms with E-state index in [0.717, 1.165) is 11.1 Å². The summed E-state index contributed by atoms with van der Waals surface area (Å²) in [5.74, 6) is 1.08. The number of rotatable bonds is 3. The molecule has 2 N–H and O–H groups in total. The van der Waals surface area contributed by atoms with E-state index in [0.29, 0.717) is 36.0 Å². The van der Waals surface area contributed by atoms with Gasteiger partial charge >= 0.3 is 0 Å². The van der Waals surface area contributed by atoms with Gasteiger partial charge in [0.2, 0.25) is 0 Å². The first-order valence-corrected chi connectivity index (χ1v) is 9.27. The normalized spacial score (nSPS) is 12.1. The first-order chi connectivity index (χ1) is 13.7. The van der Waals surface area contributed by atoms with E-state index in [-0.39, 0.29) is 11.0 Å². The Hall–Kier alpha value is -3.38. The van der Waals surface area contributed by atoms with Crippen molar-refractivity contribution in [3.8, 4) is 22.6 Å². The van der Waals surface area contributed by atoms with Crippen molar-refractivity contribution in [2.24, 2.45) is 0 Å². The Bertz CT molecular complexity index is 1000. The van der Waals surface area contributed by atoms with Crippen molar-refractivity contribution in [2.45, 2.75) is 0 Å². The molecule has 1 amide bonds. The van der Waals surface area contributed by atoms with Gasteiger partial charge in [0.25, 0.3) is 5.91 Å². The van der Waals surface area contributed by atoms with Crippen molar-refractivity contribution in [1.29, 1.82) is 0 Å². The third-order valence-electron chi connectivity index (χ3n) is 4.28. The van der Waals surface area contributed by atoms with Gasteiger partial charge in [0.15, 0.2) is 16.6 Å². The van der Waals surface area contributed by atoms with E-state index >= 15 is 0 Å². The second-order valence-electron chi connectivity index (χ2n) is 6.21. The zero-order valence-electron chi connectivity index (χ0n) is 15.0. The molecule has 3 aromatic rings. The standard InChI is InChI=1S/C22H18N2O3S/c25-21(17-8-6-16(7-9-17)15-4-2-1-3-5-15)24-22(28)23-18-10-11-19-20(14-18)27-13-12-26-19/h1-11,14H,12-13H2,(H2,23,24,25,28). The van der Waals surface area contributed by atoms with Crippen LogP contribution in [-0.2, 0) is 0 Å². The summed E-state index contributed by atoms with van der Waals surface area (Å²) < 4.78 is 11.0. The fraction of sp³-hybridized carbons (Fsp3) is 0.0909. The van der Waals surface area contributed by atoms with Gasteiger partial charge in [-0.2, -0.15) is 0 Å². The van der Waals surface area contributed by atoms with Gasteiger partial charge in [-0.15, -0.1) is 0 Å². The molecular formula is C22H18N2O3S. The van der Waals surface area contributed by atoms with Crippen molar-refractivity contribution >= 4 is 28.9 Å². The van der Waals surface area contributed by atoms with Crippen LogP contribution in [0.3, 0.4) is 0 Å². The molecule has 1 heterocycles. The van der Waals surface area contributed by atoms with Crippen molar-refractivity contribution < 1.29 is 14.3 Å². The lowest BCUT2D eigenvalue weighted by Crippen LogP contribution is -2.34. The Morgan fingerprint density at radius 2 is 1.50 bits per heavy atom. The van der Waals surface area contributed by atoms with Gasteiger partial charge in [0.05, 0.1) is 0 Å². The molecule has 0 aliphatic carbocycles. The average molecular weight is 390 g/mol.